The SMILES string of the molecule is Cc1cc(Br)c(C)c2sc(NC3CCCC3)nc12. The van der Waals surface area contributed by atoms with Gasteiger partial charge in [0.1, 0.15) is 0 Å². The average molecular weight is 325 g/mol. The van der Waals surface area contributed by atoms with Crippen LogP contribution in [0.15, 0.2) is 10.5 Å². The zero-order chi connectivity index (χ0) is 12.7. The van der Waals surface area contributed by atoms with E-state index in [-0.39, 0.29) is 0 Å². The van der Waals surface area contributed by atoms with Gasteiger partial charge in [-0.1, -0.05) is 40.1 Å². The fourth-order valence-electron chi connectivity index (χ4n) is 2.62. The number of aromatic nitrogens is 1. The first kappa shape index (κ1) is 12.4. The van der Waals surface area contributed by atoms with Gasteiger partial charge in [0.05, 0.1) is 10.2 Å². The lowest BCUT2D eigenvalue weighted by molar-refractivity contribution is 0.754. The smallest absolute Gasteiger partial charge is 0.184 e. The van der Waals surface area contributed by atoms with Gasteiger partial charge in [-0.2, -0.15) is 0 Å². The second-order valence-corrected chi connectivity index (χ2v) is 6.98. The van der Waals surface area contributed by atoms with Crippen molar-refractivity contribution in [2.24, 2.45) is 0 Å². The number of fused-ring (bicyclic) bond motifs is 1. The van der Waals surface area contributed by atoms with Crippen molar-refractivity contribution < 1.29 is 0 Å². The number of hydrogen-bond donors (Lipinski definition) is 1. The summed E-state index contributed by atoms with van der Waals surface area (Å²) in [6.45, 7) is 4.29. The van der Waals surface area contributed by atoms with Crippen molar-refractivity contribution in [3.63, 3.8) is 0 Å². The van der Waals surface area contributed by atoms with Gasteiger partial charge < -0.3 is 5.32 Å². The molecule has 0 aliphatic heterocycles. The number of nitrogens with zero attached hydrogens (tertiary/aromatic N) is 1. The van der Waals surface area contributed by atoms with Crippen LogP contribution >= 0.6 is 27.3 Å². The van der Waals surface area contributed by atoms with Crippen LogP contribution in [0.5, 0.6) is 0 Å². The highest BCUT2D eigenvalue weighted by Gasteiger charge is 2.17. The van der Waals surface area contributed by atoms with E-state index in [4.69, 9.17) is 4.98 Å². The van der Waals surface area contributed by atoms with Gasteiger partial charge in [0, 0.05) is 10.5 Å². The van der Waals surface area contributed by atoms with Gasteiger partial charge in [-0.15, -0.1) is 0 Å². The van der Waals surface area contributed by atoms with Crippen LogP contribution in [0.1, 0.15) is 36.8 Å². The molecule has 96 valence electrons. The minimum absolute atomic E-state index is 0.634. The van der Waals surface area contributed by atoms with E-state index in [0.717, 1.165) is 10.6 Å². The Bertz CT molecular complexity index is 585. The average Bonchev–Trinajstić information content (AvgIpc) is 2.96. The molecule has 0 radical (unpaired) electrons. The quantitative estimate of drug-likeness (QED) is 0.837. The van der Waals surface area contributed by atoms with Crippen LogP contribution < -0.4 is 5.32 Å². The molecule has 1 heterocycles. The molecule has 0 saturated heterocycles. The fourth-order valence-corrected chi connectivity index (χ4v) is 4.42. The third-order valence-corrected chi connectivity index (χ3v) is 5.66. The molecular weight excluding hydrogens is 308 g/mol. The lowest BCUT2D eigenvalue weighted by Gasteiger charge is -2.09. The van der Waals surface area contributed by atoms with Gasteiger partial charge in [0.2, 0.25) is 0 Å². The predicted octanol–water partition coefficient (Wildman–Crippen LogP) is 5.03. The van der Waals surface area contributed by atoms with Crippen molar-refractivity contribution in [3.05, 3.63) is 21.7 Å². The second-order valence-electron chi connectivity index (χ2n) is 5.12. The van der Waals surface area contributed by atoms with E-state index < -0.39 is 0 Å². The summed E-state index contributed by atoms with van der Waals surface area (Å²) in [5, 5.41) is 4.68. The Kier molecular flexibility index (Phi) is 3.32. The summed E-state index contributed by atoms with van der Waals surface area (Å²) >= 11 is 5.41. The number of thiazole rings is 1. The van der Waals surface area contributed by atoms with E-state index in [1.165, 1.54) is 46.0 Å². The van der Waals surface area contributed by atoms with E-state index in [2.05, 4.69) is 41.2 Å². The number of rotatable bonds is 2. The predicted molar refractivity (Wildman–Crippen MR) is 82.7 cm³/mol. The number of nitrogens with one attached hydrogen (secondary N) is 1. The molecule has 1 aliphatic rings. The van der Waals surface area contributed by atoms with Crippen LogP contribution in [-0.4, -0.2) is 11.0 Å². The molecule has 1 aliphatic carbocycles. The first-order valence-corrected chi connectivity index (χ1v) is 8.09. The van der Waals surface area contributed by atoms with Gasteiger partial charge >= 0.3 is 0 Å². The molecule has 0 atom stereocenters. The van der Waals surface area contributed by atoms with Crippen LogP contribution in [-0.2, 0) is 0 Å². The van der Waals surface area contributed by atoms with E-state index in [0.29, 0.717) is 6.04 Å². The van der Waals surface area contributed by atoms with Crippen molar-refractivity contribution in [1.82, 2.24) is 4.98 Å². The van der Waals surface area contributed by atoms with E-state index in [9.17, 15) is 0 Å². The summed E-state index contributed by atoms with van der Waals surface area (Å²) in [5.74, 6) is 0. The summed E-state index contributed by atoms with van der Waals surface area (Å²) in [6.07, 6.45) is 5.29. The highest BCUT2D eigenvalue weighted by atomic mass is 79.9. The number of aryl methyl sites for hydroxylation is 2. The normalized spacial score (nSPS) is 16.6. The molecular formula is C14H17BrN2S. The number of anilines is 1. The fraction of sp³-hybridized carbons (Fsp3) is 0.500. The second kappa shape index (κ2) is 4.82. The van der Waals surface area contributed by atoms with Crippen molar-refractivity contribution in [2.75, 3.05) is 5.32 Å². The zero-order valence-corrected chi connectivity index (χ0v) is 13.1. The Morgan fingerprint density at radius 3 is 2.78 bits per heavy atom. The van der Waals surface area contributed by atoms with Gasteiger partial charge in [-0.05, 0) is 43.9 Å². The highest BCUT2D eigenvalue weighted by molar-refractivity contribution is 9.10. The molecule has 0 bridgehead atoms. The molecule has 1 aromatic heterocycles. The molecule has 1 N–H and O–H groups in total. The molecule has 1 fully saturated rings. The lowest BCUT2D eigenvalue weighted by Crippen LogP contribution is -2.13. The maximum atomic E-state index is 4.76. The molecule has 2 aromatic rings. The lowest BCUT2D eigenvalue weighted by atomic mass is 10.1. The summed E-state index contributed by atoms with van der Waals surface area (Å²) in [6, 6.07) is 2.80. The molecule has 18 heavy (non-hydrogen) atoms. The van der Waals surface area contributed by atoms with E-state index in [1.807, 2.05) is 0 Å². The van der Waals surface area contributed by atoms with Crippen LogP contribution in [0, 0.1) is 13.8 Å². The van der Waals surface area contributed by atoms with E-state index >= 15 is 0 Å². The molecule has 0 spiro atoms. The minimum atomic E-state index is 0.634. The standard InChI is InChI=1S/C14H17BrN2S/c1-8-7-11(15)9(2)13-12(8)17-14(18-13)16-10-5-3-4-6-10/h7,10H,3-6H2,1-2H3,(H,16,17). The Balaban J connectivity index is 1.99. The van der Waals surface area contributed by atoms with Gasteiger partial charge in [0.25, 0.3) is 0 Å². The van der Waals surface area contributed by atoms with Crippen molar-refractivity contribution in [2.45, 2.75) is 45.6 Å². The summed E-state index contributed by atoms with van der Waals surface area (Å²) in [5.41, 5.74) is 3.70. The molecule has 1 aromatic carbocycles. The van der Waals surface area contributed by atoms with Crippen LogP contribution in [0.4, 0.5) is 5.13 Å². The Hall–Kier alpha value is -0.610. The van der Waals surface area contributed by atoms with Gasteiger partial charge in [0.15, 0.2) is 5.13 Å². The summed E-state index contributed by atoms with van der Waals surface area (Å²) in [4.78, 5) is 4.76. The van der Waals surface area contributed by atoms with Crippen molar-refractivity contribution in [3.8, 4) is 0 Å². The third kappa shape index (κ3) is 2.16. The highest BCUT2D eigenvalue weighted by Crippen LogP contribution is 2.36. The Morgan fingerprint density at radius 2 is 2.06 bits per heavy atom. The monoisotopic (exact) mass is 324 g/mol. The molecule has 2 nitrogen and oxygen atoms in total. The maximum absolute atomic E-state index is 4.76. The van der Waals surface area contributed by atoms with Gasteiger partial charge in [-0.3, -0.25) is 0 Å². The largest absolute Gasteiger partial charge is 0.359 e. The summed E-state index contributed by atoms with van der Waals surface area (Å²) < 4.78 is 2.49. The molecule has 0 amide bonds. The minimum Gasteiger partial charge on any atom is -0.359 e. The number of halogens is 1. The van der Waals surface area contributed by atoms with Crippen LogP contribution in [0.3, 0.4) is 0 Å². The molecule has 0 unspecified atom stereocenters. The van der Waals surface area contributed by atoms with Crippen molar-refractivity contribution in [1.29, 1.82) is 0 Å². The van der Waals surface area contributed by atoms with Crippen LogP contribution in [0.2, 0.25) is 0 Å². The van der Waals surface area contributed by atoms with Gasteiger partial charge in [-0.25, -0.2) is 4.98 Å². The maximum Gasteiger partial charge on any atom is 0.184 e. The van der Waals surface area contributed by atoms with Crippen LogP contribution in [0.25, 0.3) is 10.2 Å². The number of hydrogen-bond acceptors (Lipinski definition) is 3. The Labute approximate surface area is 120 Å². The zero-order valence-electron chi connectivity index (χ0n) is 10.7. The first-order chi connectivity index (χ1) is 8.65. The topological polar surface area (TPSA) is 24.9 Å². The van der Waals surface area contributed by atoms with E-state index in [1.54, 1.807) is 11.3 Å². The Morgan fingerprint density at radius 1 is 1.33 bits per heavy atom. The molecule has 3 rings (SSSR count). The number of benzene rings is 1. The third-order valence-electron chi connectivity index (χ3n) is 3.73. The van der Waals surface area contributed by atoms with Crippen molar-refractivity contribution >= 4 is 42.6 Å². The molecule has 4 heteroatoms. The molecule has 1 saturated carbocycles. The summed E-state index contributed by atoms with van der Waals surface area (Å²) in [7, 11) is 0. The first-order valence-electron chi connectivity index (χ1n) is 6.48.